The molecule has 2 rings (SSSR count). The Bertz CT molecular complexity index is 524. The van der Waals surface area contributed by atoms with Gasteiger partial charge in [0.2, 0.25) is 0 Å². The number of aryl methyl sites for hydroxylation is 2. The number of aromatic nitrogens is 1. The van der Waals surface area contributed by atoms with Gasteiger partial charge in [0.05, 0.1) is 0 Å². The van der Waals surface area contributed by atoms with E-state index < -0.39 is 0 Å². The molecule has 0 amide bonds. The fraction of sp³-hybridized carbons (Fsp3) is 0.353. The van der Waals surface area contributed by atoms with Crippen LogP contribution in [0.3, 0.4) is 0 Å². The first-order chi connectivity index (χ1) is 8.56. The molecule has 1 aromatic heterocycles. The molecule has 1 aromatic carbocycles. The largest absolute Gasteiger partial charge is 0.261 e. The van der Waals surface area contributed by atoms with Gasteiger partial charge in [0.25, 0.3) is 0 Å². The molecule has 0 spiro atoms. The highest BCUT2D eigenvalue weighted by Gasteiger charge is 2.08. The van der Waals surface area contributed by atoms with Crippen LogP contribution in [0.25, 0.3) is 11.1 Å². The zero-order chi connectivity index (χ0) is 13.1. The van der Waals surface area contributed by atoms with Crippen molar-refractivity contribution in [2.45, 2.75) is 34.1 Å². The zero-order valence-corrected chi connectivity index (χ0v) is 11.6. The first-order valence-electron chi connectivity index (χ1n) is 6.51. The molecule has 0 saturated carbocycles. The molecule has 0 aliphatic carbocycles. The molecular formula is C17H20N. The minimum atomic E-state index is 0.632. The van der Waals surface area contributed by atoms with Crippen molar-refractivity contribution in [2.24, 2.45) is 5.92 Å². The Hall–Kier alpha value is -1.63. The SMILES string of the molecule is Cc1ccc(-c2[c]c(C)ncc2CC(C)C)cc1. The van der Waals surface area contributed by atoms with E-state index in [-0.39, 0.29) is 0 Å². The van der Waals surface area contributed by atoms with E-state index in [4.69, 9.17) is 0 Å². The highest BCUT2D eigenvalue weighted by Crippen LogP contribution is 2.25. The van der Waals surface area contributed by atoms with E-state index in [1.54, 1.807) is 0 Å². The molecular weight excluding hydrogens is 218 g/mol. The third-order valence-electron chi connectivity index (χ3n) is 3.01. The number of nitrogens with zero attached hydrogens (tertiary/aromatic N) is 1. The van der Waals surface area contributed by atoms with E-state index in [0.717, 1.165) is 12.1 Å². The lowest BCUT2D eigenvalue weighted by Crippen LogP contribution is -1.99. The van der Waals surface area contributed by atoms with Gasteiger partial charge in [0, 0.05) is 18.0 Å². The molecule has 0 aliphatic rings. The quantitative estimate of drug-likeness (QED) is 0.774. The summed E-state index contributed by atoms with van der Waals surface area (Å²) in [6, 6.07) is 12.0. The molecule has 0 atom stereocenters. The molecule has 0 unspecified atom stereocenters. The van der Waals surface area contributed by atoms with Crippen molar-refractivity contribution in [1.29, 1.82) is 0 Å². The van der Waals surface area contributed by atoms with Crippen LogP contribution in [0.5, 0.6) is 0 Å². The molecule has 1 heterocycles. The summed E-state index contributed by atoms with van der Waals surface area (Å²) in [4.78, 5) is 4.38. The number of hydrogen-bond donors (Lipinski definition) is 0. The molecule has 0 saturated heterocycles. The first kappa shape index (κ1) is 12.8. The Morgan fingerprint density at radius 1 is 1.11 bits per heavy atom. The second-order valence-electron chi connectivity index (χ2n) is 5.33. The highest BCUT2D eigenvalue weighted by molar-refractivity contribution is 5.67. The molecule has 1 radical (unpaired) electrons. The number of benzene rings is 1. The highest BCUT2D eigenvalue weighted by atomic mass is 14.7. The fourth-order valence-electron chi connectivity index (χ4n) is 2.11. The van der Waals surface area contributed by atoms with Gasteiger partial charge >= 0.3 is 0 Å². The Morgan fingerprint density at radius 2 is 1.78 bits per heavy atom. The van der Waals surface area contributed by atoms with Crippen molar-refractivity contribution in [2.75, 3.05) is 0 Å². The van der Waals surface area contributed by atoms with Crippen LogP contribution in [0.2, 0.25) is 0 Å². The minimum absolute atomic E-state index is 0.632. The van der Waals surface area contributed by atoms with Crippen molar-refractivity contribution in [3.8, 4) is 11.1 Å². The van der Waals surface area contributed by atoms with Crippen molar-refractivity contribution in [3.05, 3.63) is 53.3 Å². The molecule has 0 bridgehead atoms. The van der Waals surface area contributed by atoms with Crippen molar-refractivity contribution in [3.63, 3.8) is 0 Å². The maximum Gasteiger partial charge on any atom is 0.0458 e. The number of rotatable bonds is 3. The van der Waals surface area contributed by atoms with Gasteiger partial charge in [0.15, 0.2) is 0 Å². The van der Waals surface area contributed by atoms with E-state index in [9.17, 15) is 0 Å². The third kappa shape index (κ3) is 2.98. The van der Waals surface area contributed by atoms with Gasteiger partial charge in [-0.05, 0) is 42.9 Å². The number of pyridine rings is 1. The van der Waals surface area contributed by atoms with Crippen LogP contribution < -0.4 is 0 Å². The van der Waals surface area contributed by atoms with Gasteiger partial charge in [-0.15, -0.1) is 0 Å². The minimum Gasteiger partial charge on any atom is -0.261 e. The Morgan fingerprint density at radius 3 is 2.39 bits per heavy atom. The molecule has 93 valence electrons. The molecule has 0 fully saturated rings. The summed E-state index contributed by atoms with van der Waals surface area (Å²) in [7, 11) is 0. The lowest BCUT2D eigenvalue weighted by Gasteiger charge is -2.12. The number of hydrogen-bond acceptors (Lipinski definition) is 1. The molecule has 0 N–H and O–H groups in total. The maximum atomic E-state index is 4.38. The fourth-order valence-corrected chi connectivity index (χ4v) is 2.11. The summed E-state index contributed by atoms with van der Waals surface area (Å²) >= 11 is 0. The smallest absolute Gasteiger partial charge is 0.0458 e. The van der Waals surface area contributed by atoms with Gasteiger partial charge in [-0.3, -0.25) is 4.98 Å². The van der Waals surface area contributed by atoms with Crippen molar-refractivity contribution in [1.82, 2.24) is 4.98 Å². The second-order valence-corrected chi connectivity index (χ2v) is 5.33. The third-order valence-corrected chi connectivity index (χ3v) is 3.01. The van der Waals surface area contributed by atoms with Gasteiger partial charge in [-0.1, -0.05) is 43.7 Å². The lowest BCUT2D eigenvalue weighted by atomic mass is 9.94. The van der Waals surface area contributed by atoms with E-state index in [2.05, 4.69) is 56.1 Å². The maximum absolute atomic E-state index is 4.38. The first-order valence-corrected chi connectivity index (χ1v) is 6.51. The second kappa shape index (κ2) is 5.34. The molecule has 1 nitrogen and oxygen atoms in total. The van der Waals surface area contributed by atoms with Gasteiger partial charge < -0.3 is 0 Å². The Kier molecular flexibility index (Phi) is 3.81. The Labute approximate surface area is 110 Å². The normalized spacial score (nSPS) is 10.9. The summed E-state index contributed by atoms with van der Waals surface area (Å²) in [6.45, 7) is 8.58. The zero-order valence-electron chi connectivity index (χ0n) is 11.6. The van der Waals surface area contributed by atoms with E-state index in [1.807, 2.05) is 13.1 Å². The van der Waals surface area contributed by atoms with E-state index in [1.165, 1.54) is 22.3 Å². The summed E-state index contributed by atoms with van der Waals surface area (Å²) in [5.41, 5.74) is 5.98. The summed E-state index contributed by atoms with van der Waals surface area (Å²) in [5, 5.41) is 0. The van der Waals surface area contributed by atoms with Crippen LogP contribution in [-0.4, -0.2) is 4.98 Å². The molecule has 1 heteroatoms. The molecule has 18 heavy (non-hydrogen) atoms. The van der Waals surface area contributed by atoms with E-state index >= 15 is 0 Å². The van der Waals surface area contributed by atoms with E-state index in [0.29, 0.717) is 5.92 Å². The standard InChI is InChI=1S/C17H20N/c1-12(2)9-16-11-18-14(4)10-17(16)15-7-5-13(3)6-8-15/h5-8,11-12H,9H2,1-4H3. The van der Waals surface area contributed by atoms with Gasteiger partial charge in [0.1, 0.15) is 0 Å². The van der Waals surface area contributed by atoms with Gasteiger partial charge in [-0.2, -0.15) is 0 Å². The summed E-state index contributed by atoms with van der Waals surface area (Å²) in [6.07, 6.45) is 3.05. The van der Waals surface area contributed by atoms with Crippen LogP contribution in [0.15, 0.2) is 30.5 Å². The average molecular weight is 238 g/mol. The van der Waals surface area contributed by atoms with Crippen LogP contribution in [0.4, 0.5) is 0 Å². The van der Waals surface area contributed by atoms with Crippen LogP contribution in [0.1, 0.15) is 30.7 Å². The van der Waals surface area contributed by atoms with Gasteiger partial charge in [-0.25, -0.2) is 0 Å². The van der Waals surface area contributed by atoms with Crippen molar-refractivity contribution < 1.29 is 0 Å². The molecule has 0 aliphatic heterocycles. The summed E-state index contributed by atoms with van der Waals surface area (Å²) in [5.74, 6) is 0.632. The van der Waals surface area contributed by atoms with Crippen molar-refractivity contribution >= 4 is 0 Å². The average Bonchev–Trinajstić information content (AvgIpc) is 2.32. The van der Waals surface area contributed by atoms with Crippen LogP contribution in [0, 0.1) is 25.8 Å². The van der Waals surface area contributed by atoms with Crippen LogP contribution in [-0.2, 0) is 6.42 Å². The monoisotopic (exact) mass is 238 g/mol. The predicted octanol–water partition coefficient (Wildman–Crippen LogP) is 4.36. The topological polar surface area (TPSA) is 12.9 Å². The predicted molar refractivity (Wildman–Crippen MR) is 76.5 cm³/mol. The lowest BCUT2D eigenvalue weighted by molar-refractivity contribution is 0.646. The summed E-state index contributed by atoms with van der Waals surface area (Å²) < 4.78 is 0. The Balaban J connectivity index is 2.47. The molecule has 2 aromatic rings. The van der Waals surface area contributed by atoms with Crippen LogP contribution >= 0.6 is 0 Å².